The first-order valence-electron chi connectivity index (χ1n) is 8.04. The van der Waals surface area contributed by atoms with Crippen LogP contribution in [0.15, 0.2) is 60.7 Å². The molecule has 0 radical (unpaired) electrons. The molecular formula is C21H24O. The van der Waals surface area contributed by atoms with Crippen molar-refractivity contribution in [2.24, 2.45) is 5.92 Å². The van der Waals surface area contributed by atoms with Gasteiger partial charge < -0.3 is 4.74 Å². The number of benzene rings is 2. The van der Waals surface area contributed by atoms with Gasteiger partial charge in [0.1, 0.15) is 0 Å². The molecule has 2 rings (SSSR count). The number of hydrogen-bond acceptors (Lipinski definition) is 1. The molecule has 0 saturated heterocycles. The first kappa shape index (κ1) is 16.3. The van der Waals surface area contributed by atoms with Crippen LogP contribution in [0.4, 0.5) is 0 Å². The van der Waals surface area contributed by atoms with Gasteiger partial charge in [0, 0.05) is 25.2 Å². The fraction of sp³-hybridized carbons (Fsp3) is 0.333. The van der Waals surface area contributed by atoms with Crippen molar-refractivity contribution in [1.82, 2.24) is 0 Å². The summed E-state index contributed by atoms with van der Waals surface area (Å²) >= 11 is 0. The molecule has 0 aliphatic carbocycles. The van der Waals surface area contributed by atoms with Crippen LogP contribution in [0.5, 0.6) is 0 Å². The molecule has 0 saturated carbocycles. The van der Waals surface area contributed by atoms with Crippen LogP contribution in [0.2, 0.25) is 0 Å². The minimum Gasteiger partial charge on any atom is -0.381 e. The average molecular weight is 292 g/mol. The predicted octanol–water partition coefficient (Wildman–Crippen LogP) is 4.71. The summed E-state index contributed by atoms with van der Waals surface area (Å²) in [5.74, 6) is 7.05. The first-order chi connectivity index (χ1) is 10.9. The second-order valence-electron chi connectivity index (χ2n) is 5.42. The lowest BCUT2D eigenvalue weighted by Gasteiger charge is -2.15. The Morgan fingerprint density at radius 1 is 0.955 bits per heavy atom. The lowest BCUT2D eigenvalue weighted by atomic mass is 9.95. The monoisotopic (exact) mass is 292 g/mol. The van der Waals surface area contributed by atoms with Crippen molar-refractivity contribution in [3.8, 4) is 11.8 Å². The molecular weight excluding hydrogens is 268 g/mol. The molecule has 0 fully saturated rings. The van der Waals surface area contributed by atoms with Gasteiger partial charge in [0.05, 0.1) is 0 Å². The molecule has 1 unspecified atom stereocenters. The maximum Gasteiger partial charge on any atom is 0.0497 e. The molecule has 1 nitrogen and oxygen atoms in total. The van der Waals surface area contributed by atoms with Crippen molar-refractivity contribution in [2.75, 3.05) is 13.2 Å². The second kappa shape index (κ2) is 9.82. The van der Waals surface area contributed by atoms with Gasteiger partial charge in [-0.1, -0.05) is 60.4 Å². The summed E-state index contributed by atoms with van der Waals surface area (Å²) in [5.41, 5.74) is 2.47. The summed E-state index contributed by atoms with van der Waals surface area (Å²) in [5, 5.41) is 0. The third-order valence-electron chi connectivity index (χ3n) is 3.61. The van der Waals surface area contributed by atoms with Gasteiger partial charge in [-0.3, -0.25) is 0 Å². The quantitative estimate of drug-likeness (QED) is 0.671. The van der Waals surface area contributed by atoms with Crippen molar-refractivity contribution in [3.05, 3.63) is 71.8 Å². The minimum absolute atomic E-state index is 0.535. The zero-order chi connectivity index (χ0) is 15.5. The Morgan fingerprint density at radius 3 is 2.32 bits per heavy atom. The highest BCUT2D eigenvalue weighted by molar-refractivity contribution is 5.33. The fourth-order valence-corrected chi connectivity index (χ4v) is 2.44. The zero-order valence-corrected chi connectivity index (χ0v) is 13.3. The van der Waals surface area contributed by atoms with Gasteiger partial charge in [-0.2, -0.15) is 0 Å². The van der Waals surface area contributed by atoms with E-state index in [4.69, 9.17) is 4.74 Å². The Kier molecular flexibility index (Phi) is 7.29. The summed E-state index contributed by atoms with van der Waals surface area (Å²) in [6.45, 7) is 3.65. The summed E-state index contributed by atoms with van der Waals surface area (Å²) in [6, 6.07) is 20.8. The van der Waals surface area contributed by atoms with Crippen LogP contribution in [0, 0.1) is 17.8 Å². The molecule has 0 heterocycles. The highest BCUT2D eigenvalue weighted by Crippen LogP contribution is 2.14. The van der Waals surface area contributed by atoms with Crippen LogP contribution < -0.4 is 0 Å². The molecule has 2 aromatic rings. The Labute approximate surface area is 134 Å². The molecule has 114 valence electrons. The average Bonchev–Trinajstić information content (AvgIpc) is 2.58. The fourth-order valence-electron chi connectivity index (χ4n) is 2.44. The van der Waals surface area contributed by atoms with Crippen LogP contribution >= 0.6 is 0 Å². The molecule has 1 atom stereocenters. The third-order valence-corrected chi connectivity index (χ3v) is 3.61. The normalized spacial score (nSPS) is 11.5. The molecule has 0 bridgehead atoms. The van der Waals surface area contributed by atoms with Crippen molar-refractivity contribution in [3.63, 3.8) is 0 Å². The standard InChI is InChI=1S/C21H24O/c1-2-22-18-21(17-20-14-7-4-8-15-20)16-10-9-13-19-11-5-3-6-12-19/h3-8,11-12,14-15,21H,2,10,16-18H2,1H3. The molecule has 0 aliphatic heterocycles. The van der Waals surface area contributed by atoms with E-state index in [9.17, 15) is 0 Å². The van der Waals surface area contributed by atoms with E-state index < -0.39 is 0 Å². The smallest absolute Gasteiger partial charge is 0.0497 e. The Hall–Kier alpha value is -2.04. The number of rotatable bonds is 7. The Morgan fingerprint density at radius 2 is 1.64 bits per heavy atom. The van der Waals surface area contributed by atoms with Crippen LogP contribution in [-0.2, 0) is 11.2 Å². The van der Waals surface area contributed by atoms with Gasteiger partial charge in [-0.25, -0.2) is 0 Å². The Balaban J connectivity index is 1.86. The van der Waals surface area contributed by atoms with E-state index in [1.807, 2.05) is 18.2 Å². The van der Waals surface area contributed by atoms with E-state index in [0.717, 1.165) is 38.0 Å². The van der Waals surface area contributed by atoms with E-state index in [1.54, 1.807) is 0 Å². The summed E-state index contributed by atoms with van der Waals surface area (Å²) in [6.07, 6.45) is 3.06. The summed E-state index contributed by atoms with van der Waals surface area (Å²) in [7, 11) is 0. The zero-order valence-electron chi connectivity index (χ0n) is 13.3. The minimum atomic E-state index is 0.535. The van der Waals surface area contributed by atoms with Gasteiger partial charge in [-0.15, -0.1) is 0 Å². The number of hydrogen-bond donors (Lipinski definition) is 0. The Bertz CT molecular complexity index is 578. The van der Waals surface area contributed by atoms with Crippen LogP contribution in [0.1, 0.15) is 30.9 Å². The van der Waals surface area contributed by atoms with Crippen molar-refractivity contribution < 1.29 is 4.74 Å². The molecule has 0 amide bonds. The van der Waals surface area contributed by atoms with Crippen molar-refractivity contribution in [2.45, 2.75) is 26.2 Å². The highest BCUT2D eigenvalue weighted by Gasteiger charge is 2.09. The molecule has 1 heteroatoms. The summed E-state index contributed by atoms with van der Waals surface area (Å²) in [4.78, 5) is 0. The molecule has 0 N–H and O–H groups in total. The maximum absolute atomic E-state index is 5.64. The SMILES string of the molecule is CCOCC(CCC#Cc1ccccc1)Cc1ccccc1. The molecule has 2 aromatic carbocycles. The van der Waals surface area contributed by atoms with Crippen LogP contribution in [-0.4, -0.2) is 13.2 Å². The van der Waals surface area contributed by atoms with Gasteiger partial charge in [0.2, 0.25) is 0 Å². The van der Waals surface area contributed by atoms with Crippen molar-refractivity contribution in [1.29, 1.82) is 0 Å². The van der Waals surface area contributed by atoms with Gasteiger partial charge >= 0.3 is 0 Å². The largest absolute Gasteiger partial charge is 0.381 e. The predicted molar refractivity (Wildman–Crippen MR) is 92.7 cm³/mol. The summed E-state index contributed by atoms with van der Waals surface area (Å²) < 4.78 is 5.64. The van der Waals surface area contributed by atoms with Crippen LogP contribution in [0.25, 0.3) is 0 Å². The topological polar surface area (TPSA) is 9.23 Å². The highest BCUT2D eigenvalue weighted by atomic mass is 16.5. The molecule has 0 aliphatic rings. The molecule has 0 aromatic heterocycles. The third kappa shape index (κ3) is 6.16. The van der Waals surface area contributed by atoms with Gasteiger partial charge in [-0.05, 0) is 43.4 Å². The van der Waals surface area contributed by atoms with E-state index >= 15 is 0 Å². The maximum atomic E-state index is 5.64. The van der Waals surface area contributed by atoms with E-state index in [-0.39, 0.29) is 0 Å². The van der Waals surface area contributed by atoms with E-state index in [1.165, 1.54) is 5.56 Å². The van der Waals surface area contributed by atoms with E-state index in [2.05, 4.69) is 61.2 Å². The number of ether oxygens (including phenoxy) is 1. The van der Waals surface area contributed by atoms with Gasteiger partial charge in [0.15, 0.2) is 0 Å². The van der Waals surface area contributed by atoms with Gasteiger partial charge in [0.25, 0.3) is 0 Å². The molecule has 22 heavy (non-hydrogen) atoms. The lowest BCUT2D eigenvalue weighted by molar-refractivity contribution is 0.107. The first-order valence-corrected chi connectivity index (χ1v) is 8.04. The second-order valence-corrected chi connectivity index (χ2v) is 5.42. The van der Waals surface area contributed by atoms with Crippen LogP contribution in [0.3, 0.4) is 0 Å². The van der Waals surface area contributed by atoms with Crippen molar-refractivity contribution >= 4 is 0 Å². The van der Waals surface area contributed by atoms with E-state index in [0.29, 0.717) is 5.92 Å². The molecule has 0 spiro atoms. The lowest BCUT2D eigenvalue weighted by Crippen LogP contribution is -2.12.